The average Bonchev–Trinajstić information content (AvgIpc) is 3.61. The molecule has 2 aromatic heterocycles. The molecule has 0 bridgehead atoms. The number of anilines is 1. The normalized spacial score (nSPS) is 15.0. The number of halogens is 4. The Hall–Kier alpha value is -2.74. The summed E-state index contributed by atoms with van der Waals surface area (Å²) in [5, 5.41) is 13.7. The second kappa shape index (κ2) is 12.9. The maximum Gasteiger partial charge on any atom is 0.335 e. The lowest BCUT2D eigenvalue weighted by molar-refractivity contribution is -0.130. The monoisotopic (exact) mass is 848 g/mol. The van der Waals surface area contributed by atoms with Crippen LogP contribution >= 0.6 is 80.5 Å². The lowest BCUT2D eigenvalue weighted by Crippen LogP contribution is -2.48. The van der Waals surface area contributed by atoms with Gasteiger partial charge in [0.25, 0.3) is 5.91 Å². The molecule has 1 aliphatic rings. The second-order valence-electron chi connectivity index (χ2n) is 8.81. The number of carbonyl (C=O) groups is 3. The SMILES string of the molecule is O=C(O)c1ccc(NC(=O)[C@H](Cc2[nH]c(I)nc2I)N2C(=O)C(=Cc3cc(-c4ccc(F)c(F)c4)cs3)SC2=S)cc1. The number of thiocarbonyl (C=S) groups is 1. The number of H-pyrrole nitrogens is 1. The fourth-order valence-electron chi connectivity index (χ4n) is 4.04. The molecule has 0 spiro atoms. The number of thioether (sulfide) groups is 1. The van der Waals surface area contributed by atoms with Crippen LogP contribution in [-0.4, -0.2) is 48.1 Å². The first kappa shape index (κ1) is 30.7. The highest BCUT2D eigenvalue weighted by Crippen LogP contribution is 2.37. The molecule has 5 rings (SSSR count). The minimum Gasteiger partial charge on any atom is -0.478 e. The lowest BCUT2D eigenvalue weighted by atomic mass is 10.1. The Bertz CT molecular complexity index is 1770. The summed E-state index contributed by atoms with van der Waals surface area (Å²) in [4.78, 5) is 48.2. The second-order valence-corrected chi connectivity index (χ2v) is 13.5. The van der Waals surface area contributed by atoms with Crippen molar-refractivity contribution < 1.29 is 28.3 Å². The third-order valence-corrected chi connectivity index (χ3v) is 9.69. The van der Waals surface area contributed by atoms with Crippen molar-refractivity contribution in [3.8, 4) is 11.1 Å². The first-order valence-electron chi connectivity index (χ1n) is 11.8. The van der Waals surface area contributed by atoms with Crippen LogP contribution in [0.4, 0.5) is 14.5 Å². The predicted molar refractivity (Wildman–Crippen MR) is 178 cm³/mol. The summed E-state index contributed by atoms with van der Waals surface area (Å²) in [5.41, 5.74) is 2.22. The number of aromatic nitrogens is 2. The number of nitrogens with zero attached hydrogens (tertiary/aromatic N) is 2. The van der Waals surface area contributed by atoms with Crippen LogP contribution in [0.15, 0.2) is 58.8 Å². The fourth-order valence-corrected chi connectivity index (χ4v) is 7.94. The summed E-state index contributed by atoms with van der Waals surface area (Å²) in [5.74, 6) is -3.97. The van der Waals surface area contributed by atoms with E-state index in [2.05, 4.69) is 15.3 Å². The van der Waals surface area contributed by atoms with Gasteiger partial charge in [-0.1, -0.05) is 30.0 Å². The maximum absolute atomic E-state index is 13.7. The van der Waals surface area contributed by atoms with Gasteiger partial charge in [0.2, 0.25) is 5.91 Å². The number of aromatic carboxylic acids is 1. The molecule has 2 aromatic carbocycles. The van der Waals surface area contributed by atoms with Crippen LogP contribution < -0.4 is 5.32 Å². The summed E-state index contributed by atoms with van der Waals surface area (Å²) in [7, 11) is 0. The van der Waals surface area contributed by atoms with Gasteiger partial charge in [-0.15, -0.1) is 11.3 Å². The van der Waals surface area contributed by atoms with E-state index in [1.807, 2.05) is 45.2 Å². The van der Waals surface area contributed by atoms with Crippen molar-refractivity contribution in [1.82, 2.24) is 14.9 Å². The summed E-state index contributed by atoms with van der Waals surface area (Å²) >= 11 is 12.0. The zero-order valence-corrected chi connectivity index (χ0v) is 27.6. The standard InChI is InChI=1S/C27H16F2I2N4O4S3/c28-17-6-3-13(8-18(17)29)14-7-16(41-11-14)9-21-24(37)35(27(40)42-21)20(10-19-22(30)34-26(31)33-19)23(36)32-15-4-1-12(2-5-15)25(38)39/h1-9,11,20H,10H2,(H,32,36)(H,33,34)(H,38,39)/t20-/m0/s1. The van der Waals surface area contributed by atoms with E-state index in [1.165, 1.54) is 46.6 Å². The van der Waals surface area contributed by atoms with E-state index >= 15 is 0 Å². The van der Waals surface area contributed by atoms with Gasteiger partial charge in [-0.25, -0.2) is 18.6 Å². The third kappa shape index (κ3) is 6.74. The van der Waals surface area contributed by atoms with E-state index in [0.717, 1.165) is 23.9 Å². The Morgan fingerprint density at radius 2 is 1.86 bits per heavy atom. The molecule has 0 unspecified atom stereocenters. The third-order valence-electron chi connectivity index (χ3n) is 6.08. The first-order valence-corrected chi connectivity index (χ1v) is 16.1. The van der Waals surface area contributed by atoms with Gasteiger partial charge in [-0.2, -0.15) is 0 Å². The van der Waals surface area contributed by atoms with Crippen LogP contribution in [0.3, 0.4) is 0 Å². The number of carboxylic acid groups (broad SMARTS) is 1. The molecule has 15 heteroatoms. The van der Waals surface area contributed by atoms with Gasteiger partial charge in [0, 0.05) is 17.0 Å². The maximum atomic E-state index is 13.7. The number of nitrogens with one attached hydrogen (secondary N) is 2. The first-order chi connectivity index (χ1) is 20.0. The summed E-state index contributed by atoms with van der Waals surface area (Å²) < 4.78 is 28.5. The van der Waals surface area contributed by atoms with E-state index in [0.29, 0.717) is 39.8 Å². The Morgan fingerprint density at radius 1 is 1.12 bits per heavy atom. The van der Waals surface area contributed by atoms with Crippen molar-refractivity contribution >= 4 is 114 Å². The highest BCUT2D eigenvalue weighted by molar-refractivity contribution is 14.1. The van der Waals surface area contributed by atoms with Crippen LogP contribution in [0.2, 0.25) is 0 Å². The number of hydrogen-bond donors (Lipinski definition) is 3. The smallest absolute Gasteiger partial charge is 0.335 e. The van der Waals surface area contributed by atoms with E-state index in [9.17, 15) is 23.2 Å². The van der Waals surface area contributed by atoms with Crippen molar-refractivity contribution in [2.75, 3.05) is 5.32 Å². The fraction of sp³-hybridized carbons (Fsp3) is 0.0741. The highest BCUT2D eigenvalue weighted by atomic mass is 127. The van der Waals surface area contributed by atoms with Gasteiger partial charge in [0.1, 0.15) is 14.1 Å². The van der Waals surface area contributed by atoms with Gasteiger partial charge in [0.15, 0.2) is 15.5 Å². The molecule has 2 amide bonds. The topological polar surface area (TPSA) is 115 Å². The molecular formula is C27H16F2I2N4O4S3. The van der Waals surface area contributed by atoms with Crippen molar-refractivity contribution in [1.29, 1.82) is 0 Å². The molecule has 1 aliphatic heterocycles. The highest BCUT2D eigenvalue weighted by Gasteiger charge is 2.41. The molecule has 3 heterocycles. The molecule has 1 saturated heterocycles. The van der Waals surface area contributed by atoms with Crippen LogP contribution in [0.1, 0.15) is 20.9 Å². The molecule has 0 radical (unpaired) electrons. The molecule has 1 fully saturated rings. The van der Waals surface area contributed by atoms with Gasteiger partial charge in [-0.3, -0.25) is 14.5 Å². The van der Waals surface area contributed by atoms with Crippen molar-refractivity contribution in [3.63, 3.8) is 0 Å². The van der Waals surface area contributed by atoms with E-state index < -0.39 is 35.5 Å². The van der Waals surface area contributed by atoms with Crippen LogP contribution in [0.25, 0.3) is 17.2 Å². The number of carbonyl (C=O) groups excluding carboxylic acids is 2. The molecule has 0 saturated carbocycles. The largest absolute Gasteiger partial charge is 0.478 e. The molecule has 214 valence electrons. The average molecular weight is 848 g/mol. The van der Waals surface area contributed by atoms with Crippen molar-refractivity contribution in [2.45, 2.75) is 12.5 Å². The Kier molecular flexibility index (Phi) is 9.41. The van der Waals surface area contributed by atoms with Crippen molar-refractivity contribution in [2.24, 2.45) is 0 Å². The quantitative estimate of drug-likeness (QED) is 0.102. The number of amides is 2. The van der Waals surface area contributed by atoms with E-state index in [4.69, 9.17) is 17.3 Å². The molecular weight excluding hydrogens is 832 g/mol. The summed E-state index contributed by atoms with van der Waals surface area (Å²) in [6.07, 6.45) is 1.74. The molecule has 0 aliphatic carbocycles. The van der Waals surface area contributed by atoms with E-state index in [-0.39, 0.29) is 16.3 Å². The zero-order valence-electron chi connectivity index (χ0n) is 20.9. The van der Waals surface area contributed by atoms with Gasteiger partial charge in [-0.05, 0) is 110 Å². The van der Waals surface area contributed by atoms with Gasteiger partial charge in [0.05, 0.1) is 16.2 Å². The molecule has 1 atom stereocenters. The Morgan fingerprint density at radius 3 is 2.50 bits per heavy atom. The molecule has 4 aromatic rings. The Labute approximate surface area is 278 Å². The minimum absolute atomic E-state index is 0.0644. The molecule has 8 nitrogen and oxygen atoms in total. The Balaban J connectivity index is 1.42. The zero-order chi connectivity index (χ0) is 30.1. The van der Waals surface area contributed by atoms with Gasteiger partial charge >= 0.3 is 5.97 Å². The number of benzene rings is 2. The number of aromatic amines is 1. The van der Waals surface area contributed by atoms with E-state index in [1.54, 1.807) is 17.5 Å². The number of thiophene rings is 1. The molecule has 3 N–H and O–H groups in total. The summed E-state index contributed by atoms with van der Waals surface area (Å²) in [6, 6.07) is 10.0. The van der Waals surface area contributed by atoms with Gasteiger partial charge < -0.3 is 15.4 Å². The minimum atomic E-state index is -1.10. The lowest BCUT2D eigenvalue weighted by Gasteiger charge is -2.25. The number of imidazole rings is 1. The van der Waals surface area contributed by atoms with Crippen molar-refractivity contribution in [3.05, 3.63) is 94.1 Å². The summed E-state index contributed by atoms with van der Waals surface area (Å²) in [6.45, 7) is 0. The van der Waals surface area contributed by atoms with Crippen LogP contribution in [0.5, 0.6) is 0 Å². The number of rotatable bonds is 8. The van der Waals surface area contributed by atoms with Crippen LogP contribution in [0, 0.1) is 19.2 Å². The predicted octanol–water partition coefficient (Wildman–Crippen LogP) is 6.78. The number of hydrogen-bond acceptors (Lipinski definition) is 7. The molecule has 42 heavy (non-hydrogen) atoms. The number of carboxylic acids is 1. The van der Waals surface area contributed by atoms with Crippen LogP contribution in [-0.2, 0) is 16.0 Å².